The van der Waals surface area contributed by atoms with E-state index in [0.29, 0.717) is 29.5 Å². The van der Waals surface area contributed by atoms with Crippen molar-refractivity contribution in [3.8, 4) is 0 Å². The third kappa shape index (κ3) is 2.99. The number of benzene rings is 1. The number of nitro benzene ring substituents is 1. The van der Waals surface area contributed by atoms with Crippen LogP contribution in [0.2, 0.25) is 0 Å². The number of anilines is 1. The van der Waals surface area contributed by atoms with Crippen LogP contribution in [0.3, 0.4) is 0 Å². The Bertz CT molecular complexity index is 891. The van der Waals surface area contributed by atoms with E-state index in [-0.39, 0.29) is 17.2 Å². The Morgan fingerprint density at radius 2 is 2.16 bits per heavy atom. The predicted octanol–water partition coefficient (Wildman–Crippen LogP) is 2.30. The van der Waals surface area contributed by atoms with Crippen LogP contribution in [0.5, 0.6) is 0 Å². The first-order valence-electron chi connectivity index (χ1n) is 8.12. The number of nitro groups is 1. The summed E-state index contributed by atoms with van der Waals surface area (Å²) in [7, 11) is 0. The summed E-state index contributed by atoms with van der Waals surface area (Å²) in [5.74, 6) is -0.502. The van der Waals surface area contributed by atoms with Gasteiger partial charge in [0.2, 0.25) is 0 Å². The van der Waals surface area contributed by atoms with Crippen LogP contribution in [-0.4, -0.2) is 41.5 Å². The van der Waals surface area contributed by atoms with Gasteiger partial charge in [0.1, 0.15) is 0 Å². The van der Waals surface area contributed by atoms with Crippen LogP contribution >= 0.6 is 11.3 Å². The largest absolute Gasteiger partial charge is 0.348 e. The monoisotopic (exact) mass is 363 g/mol. The number of rotatable bonds is 2. The molecule has 1 atom stereocenters. The molecule has 1 aromatic carbocycles. The van der Waals surface area contributed by atoms with Crippen molar-refractivity contribution in [3.63, 3.8) is 0 Å². The third-order valence-electron chi connectivity index (χ3n) is 4.60. The van der Waals surface area contributed by atoms with Gasteiger partial charge in [-0.2, -0.15) is 4.98 Å². The molecule has 3 heterocycles. The number of piperidine rings is 1. The minimum absolute atomic E-state index is 0.101. The maximum Gasteiger partial charge on any atom is 0.281 e. The molecule has 2 saturated heterocycles. The van der Waals surface area contributed by atoms with E-state index >= 15 is 0 Å². The third-order valence-corrected chi connectivity index (χ3v) is 5.70. The molecule has 2 aliphatic heterocycles. The highest BCUT2D eigenvalue weighted by Crippen LogP contribution is 2.36. The minimum atomic E-state index is -0.510. The average Bonchev–Trinajstić information content (AvgIpc) is 2.95. The Kier molecular flexibility index (Phi) is 3.94. The van der Waals surface area contributed by atoms with Crippen LogP contribution < -0.4 is 10.5 Å². The Hall–Kier alpha value is -2.10. The van der Waals surface area contributed by atoms with Gasteiger partial charge < -0.3 is 14.4 Å². The van der Waals surface area contributed by atoms with Crippen LogP contribution in [0.4, 0.5) is 10.8 Å². The maximum absolute atomic E-state index is 12.3. The molecule has 0 radical (unpaired) electrons. The van der Waals surface area contributed by atoms with Gasteiger partial charge in [-0.25, -0.2) is 0 Å². The molecule has 0 bridgehead atoms. The SMILES string of the molecule is CC1COC2(CCN(c3nc(=O)c4cc([N+](=O)[O-])ccc4s3)CC2)O1. The Balaban J connectivity index is 1.59. The summed E-state index contributed by atoms with van der Waals surface area (Å²) < 4.78 is 12.4. The number of ether oxygens (including phenoxy) is 2. The molecular weight excluding hydrogens is 346 g/mol. The van der Waals surface area contributed by atoms with E-state index in [1.54, 1.807) is 6.07 Å². The number of fused-ring (bicyclic) bond motifs is 1. The molecule has 4 rings (SSSR count). The molecular formula is C16H17N3O5S. The molecule has 0 saturated carbocycles. The molecule has 2 fully saturated rings. The zero-order chi connectivity index (χ0) is 17.6. The maximum atomic E-state index is 12.3. The zero-order valence-corrected chi connectivity index (χ0v) is 14.5. The summed E-state index contributed by atoms with van der Waals surface area (Å²) in [5, 5.41) is 11.8. The second-order valence-electron chi connectivity index (χ2n) is 6.38. The highest BCUT2D eigenvalue weighted by molar-refractivity contribution is 7.21. The smallest absolute Gasteiger partial charge is 0.281 e. The number of hydrogen-bond acceptors (Lipinski definition) is 8. The molecule has 0 amide bonds. The molecule has 1 aromatic heterocycles. The van der Waals surface area contributed by atoms with Crippen LogP contribution in [0.1, 0.15) is 19.8 Å². The summed E-state index contributed by atoms with van der Waals surface area (Å²) >= 11 is 1.37. The van der Waals surface area contributed by atoms with Crippen molar-refractivity contribution < 1.29 is 14.4 Å². The Morgan fingerprint density at radius 1 is 1.40 bits per heavy atom. The lowest BCUT2D eigenvalue weighted by Crippen LogP contribution is -2.45. The summed E-state index contributed by atoms with van der Waals surface area (Å²) in [4.78, 5) is 28.9. The molecule has 9 heteroatoms. The first-order valence-corrected chi connectivity index (χ1v) is 8.93. The van der Waals surface area contributed by atoms with Crippen LogP contribution in [0.15, 0.2) is 23.0 Å². The number of hydrogen-bond donors (Lipinski definition) is 0. The highest BCUT2D eigenvalue weighted by atomic mass is 32.1. The number of non-ortho nitro benzene ring substituents is 1. The van der Waals surface area contributed by atoms with Gasteiger partial charge in [0, 0.05) is 42.8 Å². The fraction of sp³-hybridized carbons (Fsp3) is 0.500. The zero-order valence-electron chi connectivity index (χ0n) is 13.6. The predicted molar refractivity (Wildman–Crippen MR) is 93.2 cm³/mol. The summed E-state index contributed by atoms with van der Waals surface area (Å²) in [6.07, 6.45) is 1.55. The summed E-state index contributed by atoms with van der Waals surface area (Å²) in [5.41, 5.74) is -0.536. The quantitative estimate of drug-likeness (QED) is 0.597. The molecule has 8 nitrogen and oxygen atoms in total. The normalized spacial score (nSPS) is 22.6. The van der Waals surface area contributed by atoms with Gasteiger partial charge in [-0.3, -0.25) is 14.9 Å². The molecule has 1 unspecified atom stereocenters. The van der Waals surface area contributed by atoms with Crippen LogP contribution in [0, 0.1) is 10.1 Å². The molecule has 25 heavy (non-hydrogen) atoms. The lowest BCUT2D eigenvalue weighted by Gasteiger charge is -2.38. The van der Waals surface area contributed by atoms with Crippen molar-refractivity contribution in [3.05, 3.63) is 38.7 Å². The van der Waals surface area contributed by atoms with Crippen LogP contribution in [-0.2, 0) is 9.47 Å². The summed E-state index contributed by atoms with van der Waals surface area (Å²) in [6.45, 7) is 3.99. The van der Waals surface area contributed by atoms with Gasteiger partial charge in [0.05, 0.1) is 23.0 Å². The van der Waals surface area contributed by atoms with Gasteiger partial charge in [0.25, 0.3) is 11.2 Å². The van der Waals surface area contributed by atoms with Crippen molar-refractivity contribution in [1.29, 1.82) is 0 Å². The molecule has 132 valence electrons. The first-order chi connectivity index (χ1) is 12.0. The molecule has 2 aromatic rings. The van der Waals surface area contributed by atoms with E-state index in [1.807, 2.05) is 11.8 Å². The Morgan fingerprint density at radius 3 is 2.80 bits per heavy atom. The molecule has 0 aliphatic carbocycles. The Labute approximate surface area is 147 Å². The van der Waals surface area contributed by atoms with E-state index < -0.39 is 16.3 Å². The number of aromatic nitrogens is 1. The second-order valence-corrected chi connectivity index (χ2v) is 7.39. The fourth-order valence-electron chi connectivity index (χ4n) is 3.30. The molecule has 0 N–H and O–H groups in total. The van der Waals surface area contributed by atoms with E-state index in [1.165, 1.54) is 23.5 Å². The van der Waals surface area contributed by atoms with E-state index in [0.717, 1.165) is 12.8 Å². The van der Waals surface area contributed by atoms with Crippen molar-refractivity contribution >= 4 is 32.2 Å². The van der Waals surface area contributed by atoms with Gasteiger partial charge >= 0.3 is 0 Å². The average molecular weight is 363 g/mol. The van der Waals surface area contributed by atoms with Gasteiger partial charge in [-0.15, -0.1) is 0 Å². The molecule has 2 aliphatic rings. The van der Waals surface area contributed by atoms with E-state index in [2.05, 4.69) is 4.98 Å². The lowest BCUT2D eigenvalue weighted by atomic mass is 10.0. The standard InChI is InChI=1S/C16H17N3O5S/c1-10-9-23-16(24-10)4-6-18(7-5-16)15-17-14(20)12-8-11(19(21)22)2-3-13(12)25-15/h2-3,8,10H,4-7,9H2,1H3. The molecule has 1 spiro atoms. The van der Waals surface area contributed by atoms with Crippen molar-refractivity contribution in [1.82, 2.24) is 4.98 Å². The fourth-order valence-corrected chi connectivity index (χ4v) is 4.33. The minimum Gasteiger partial charge on any atom is -0.348 e. The topological polar surface area (TPSA) is 94.8 Å². The van der Waals surface area contributed by atoms with E-state index in [4.69, 9.17) is 9.47 Å². The summed E-state index contributed by atoms with van der Waals surface area (Å²) in [6, 6.07) is 4.31. The van der Waals surface area contributed by atoms with Crippen molar-refractivity contribution in [2.45, 2.75) is 31.7 Å². The van der Waals surface area contributed by atoms with E-state index in [9.17, 15) is 14.9 Å². The highest BCUT2D eigenvalue weighted by Gasteiger charge is 2.42. The number of nitrogens with zero attached hydrogens (tertiary/aromatic N) is 3. The first kappa shape index (κ1) is 16.4. The van der Waals surface area contributed by atoms with Gasteiger partial charge in [-0.1, -0.05) is 11.3 Å². The van der Waals surface area contributed by atoms with Crippen LogP contribution in [0.25, 0.3) is 10.1 Å². The van der Waals surface area contributed by atoms with Gasteiger partial charge in [-0.05, 0) is 13.0 Å². The second kappa shape index (κ2) is 6.01. The van der Waals surface area contributed by atoms with Crippen molar-refractivity contribution in [2.24, 2.45) is 0 Å². The van der Waals surface area contributed by atoms with Crippen molar-refractivity contribution in [2.75, 3.05) is 24.6 Å². The lowest BCUT2D eigenvalue weighted by molar-refractivity contribution is -0.384. The van der Waals surface area contributed by atoms with Gasteiger partial charge in [0.15, 0.2) is 10.9 Å².